The highest BCUT2D eigenvalue weighted by atomic mass is 32.2. The lowest BCUT2D eigenvalue weighted by atomic mass is 10.2. The van der Waals surface area contributed by atoms with Gasteiger partial charge < -0.3 is 0 Å². The topological polar surface area (TPSA) is 58.2 Å². The molecule has 0 bridgehead atoms. The molecule has 0 heterocycles. The molecule has 3 aromatic rings. The van der Waals surface area contributed by atoms with Crippen LogP contribution in [0.4, 0.5) is 0 Å². The number of carbonyl (C=O) groups excluding carboxylic acids is 2. The Balaban J connectivity index is 1.51. The van der Waals surface area contributed by atoms with E-state index in [4.69, 9.17) is 0 Å². The summed E-state index contributed by atoms with van der Waals surface area (Å²) in [7, 11) is 0. The van der Waals surface area contributed by atoms with Crippen LogP contribution in [0.15, 0.2) is 89.8 Å². The summed E-state index contributed by atoms with van der Waals surface area (Å²) in [5.41, 5.74) is 7.07. The molecule has 4 nitrogen and oxygen atoms in total. The molecule has 26 heavy (non-hydrogen) atoms. The number of hydrogen-bond acceptors (Lipinski definition) is 3. The Labute approximate surface area is 156 Å². The molecule has 0 aromatic heterocycles. The molecule has 0 fully saturated rings. The second-order valence-corrected chi connectivity index (χ2v) is 6.62. The van der Waals surface area contributed by atoms with Crippen LogP contribution < -0.4 is 10.9 Å². The molecule has 2 N–H and O–H groups in total. The highest BCUT2D eigenvalue weighted by molar-refractivity contribution is 7.98. The van der Waals surface area contributed by atoms with Gasteiger partial charge in [-0.25, -0.2) is 0 Å². The van der Waals surface area contributed by atoms with Gasteiger partial charge in [-0.15, -0.1) is 11.8 Å². The number of hydrogen-bond donors (Lipinski definition) is 2. The Bertz CT molecular complexity index is 866. The minimum Gasteiger partial charge on any atom is -0.267 e. The van der Waals surface area contributed by atoms with E-state index in [-0.39, 0.29) is 11.8 Å². The summed E-state index contributed by atoms with van der Waals surface area (Å²) in [6.45, 7) is 0. The number of hydrazine groups is 1. The van der Waals surface area contributed by atoms with E-state index in [9.17, 15) is 9.59 Å². The summed E-state index contributed by atoms with van der Waals surface area (Å²) >= 11 is 1.71. The third kappa shape index (κ3) is 4.97. The molecule has 130 valence electrons. The van der Waals surface area contributed by atoms with Crippen molar-refractivity contribution in [3.05, 3.63) is 102 Å². The van der Waals surface area contributed by atoms with Gasteiger partial charge in [0.1, 0.15) is 0 Å². The van der Waals surface area contributed by atoms with Crippen molar-refractivity contribution >= 4 is 23.6 Å². The Morgan fingerprint density at radius 3 is 1.73 bits per heavy atom. The fraction of sp³-hybridized carbons (Fsp3) is 0.0476. The average Bonchev–Trinajstić information content (AvgIpc) is 2.72. The minimum atomic E-state index is -0.353. The van der Waals surface area contributed by atoms with Gasteiger partial charge in [-0.2, -0.15) is 0 Å². The molecule has 0 aliphatic carbocycles. The Hall–Kier alpha value is -3.05. The normalized spacial score (nSPS) is 10.2. The molecular weight excluding hydrogens is 344 g/mol. The molecule has 5 heteroatoms. The Morgan fingerprint density at radius 1 is 0.654 bits per heavy atom. The molecule has 0 aliphatic rings. The molecule has 2 amide bonds. The first-order valence-electron chi connectivity index (χ1n) is 8.15. The lowest BCUT2D eigenvalue weighted by Crippen LogP contribution is -2.41. The van der Waals surface area contributed by atoms with Gasteiger partial charge in [0.25, 0.3) is 11.8 Å². The number of carbonyl (C=O) groups is 2. The number of thioether (sulfide) groups is 1. The minimum absolute atomic E-state index is 0.353. The second kappa shape index (κ2) is 8.87. The number of benzene rings is 3. The predicted molar refractivity (Wildman–Crippen MR) is 104 cm³/mol. The number of nitrogens with one attached hydrogen (secondary N) is 2. The van der Waals surface area contributed by atoms with Crippen molar-refractivity contribution in [2.45, 2.75) is 10.6 Å². The Morgan fingerprint density at radius 2 is 1.15 bits per heavy atom. The zero-order valence-corrected chi connectivity index (χ0v) is 14.8. The van der Waals surface area contributed by atoms with Crippen LogP contribution in [0.25, 0.3) is 0 Å². The van der Waals surface area contributed by atoms with Gasteiger partial charge in [0.2, 0.25) is 0 Å². The summed E-state index contributed by atoms with van der Waals surface area (Å²) < 4.78 is 0. The van der Waals surface area contributed by atoms with Crippen LogP contribution in [0, 0.1) is 0 Å². The van der Waals surface area contributed by atoms with Crippen molar-refractivity contribution < 1.29 is 9.59 Å². The summed E-state index contributed by atoms with van der Waals surface area (Å²) in [4.78, 5) is 25.1. The van der Waals surface area contributed by atoms with Crippen molar-refractivity contribution in [2.24, 2.45) is 0 Å². The molecule has 0 saturated heterocycles. The second-order valence-electron chi connectivity index (χ2n) is 5.57. The lowest BCUT2D eigenvalue weighted by molar-refractivity contribution is 0.0846. The largest absolute Gasteiger partial charge is 0.269 e. The quantitative estimate of drug-likeness (QED) is 0.532. The van der Waals surface area contributed by atoms with Gasteiger partial charge >= 0.3 is 0 Å². The van der Waals surface area contributed by atoms with Crippen molar-refractivity contribution in [3.63, 3.8) is 0 Å². The summed E-state index contributed by atoms with van der Waals surface area (Å²) in [5, 5.41) is 0. The molecule has 3 aromatic carbocycles. The molecule has 0 aliphatic heterocycles. The smallest absolute Gasteiger partial charge is 0.267 e. The van der Waals surface area contributed by atoms with E-state index in [1.165, 1.54) is 5.56 Å². The van der Waals surface area contributed by atoms with Crippen molar-refractivity contribution in [2.75, 3.05) is 0 Å². The van der Waals surface area contributed by atoms with Crippen LogP contribution in [-0.4, -0.2) is 11.8 Å². The monoisotopic (exact) mass is 362 g/mol. The van der Waals surface area contributed by atoms with Crippen LogP contribution >= 0.6 is 11.8 Å². The molecule has 0 atom stereocenters. The maximum Gasteiger partial charge on any atom is 0.269 e. The van der Waals surface area contributed by atoms with Crippen LogP contribution in [0.5, 0.6) is 0 Å². The van der Waals surface area contributed by atoms with Crippen molar-refractivity contribution in [1.82, 2.24) is 10.9 Å². The van der Waals surface area contributed by atoms with E-state index in [1.54, 1.807) is 48.2 Å². The fourth-order valence-electron chi connectivity index (χ4n) is 2.29. The molecular formula is C21H18N2O2S. The first-order valence-corrected chi connectivity index (χ1v) is 9.13. The molecule has 0 radical (unpaired) electrons. The van der Waals surface area contributed by atoms with Crippen LogP contribution in [0.1, 0.15) is 26.3 Å². The average molecular weight is 362 g/mol. The summed E-state index contributed by atoms with van der Waals surface area (Å²) in [6.07, 6.45) is 0. The van der Waals surface area contributed by atoms with Crippen LogP contribution in [0.3, 0.4) is 0 Å². The third-order valence-electron chi connectivity index (χ3n) is 3.69. The van der Waals surface area contributed by atoms with E-state index in [0.717, 1.165) is 10.6 Å². The predicted octanol–water partition coefficient (Wildman–Crippen LogP) is 4.05. The van der Waals surface area contributed by atoms with Crippen molar-refractivity contribution in [1.29, 1.82) is 0 Å². The van der Waals surface area contributed by atoms with E-state index < -0.39 is 0 Å². The maximum absolute atomic E-state index is 12.1. The summed E-state index contributed by atoms with van der Waals surface area (Å²) in [6, 6.07) is 26.2. The van der Waals surface area contributed by atoms with Crippen LogP contribution in [-0.2, 0) is 5.75 Å². The van der Waals surface area contributed by atoms with Gasteiger partial charge in [0, 0.05) is 21.8 Å². The molecule has 0 saturated carbocycles. The van der Waals surface area contributed by atoms with E-state index in [0.29, 0.717) is 11.1 Å². The first-order chi connectivity index (χ1) is 12.7. The van der Waals surface area contributed by atoms with Crippen LogP contribution in [0.2, 0.25) is 0 Å². The third-order valence-corrected chi connectivity index (χ3v) is 4.77. The molecule has 0 spiro atoms. The van der Waals surface area contributed by atoms with Crippen molar-refractivity contribution in [3.8, 4) is 0 Å². The zero-order chi connectivity index (χ0) is 18.2. The van der Waals surface area contributed by atoms with Gasteiger partial charge in [-0.3, -0.25) is 20.4 Å². The number of amides is 2. The van der Waals surface area contributed by atoms with Gasteiger partial charge in [-0.1, -0.05) is 48.5 Å². The molecule has 0 unspecified atom stereocenters. The first kappa shape index (κ1) is 17.8. The fourth-order valence-corrected chi connectivity index (χ4v) is 3.15. The summed E-state index contributed by atoms with van der Waals surface area (Å²) in [5.74, 6) is 0.169. The maximum atomic E-state index is 12.1. The standard InChI is InChI=1S/C21H18N2O2S/c24-20(17-9-5-2-6-10-17)22-23-21(25)18-11-13-19(14-12-18)26-15-16-7-3-1-4-8-16/h1-14H,15H2,(H,22,24)(H,23,25). The van der Waals surface area contributed by atoms with E-state index in [2.05, 4.69) is 23.0 Å². The van der Waals surface area contributed by atoms with Gasteiger partial charge in [-0.05, 0) is 42.0 Å². The van der Waals surface area contributed by atoms with Gasteiger partial charge in [0.15, 0.2) is 0 Å². The number of rotatable bonds is 5. The lowest BCUT2D eigenvalue weighted by Gasteiger charge is -2.08. The highest BCUT2D eigenvalue weighted by Crippen LogP contribution is 2.22. The zero-order valence-electron chi connectivity index (χ0n) is 14.0. The van der Waals surface area contributed by atoms with E-state index >= 15 is 0 Å². The molecule has 3 rings (SSSR count). The van der Waals surface area contributed by atoms with Gasteiger partial charge in [0.05, 0.1) is 0 Å². The SMILES string of the molecule is O=C(NNC(=O)c1ccc(SCc2ccccc2)cc1)c1ccccc1. The highest BCUT2D eigenvalue weighted by Gasteiger charge is 2.08. The Kier molecular flexibility index (Phi) is 6.06. The van der Waals surface area contributed by atoms with E-state index in [1.807, 2.05) is 36.4 Å².